The Hall–Kier alpha value is -3.38. The number of aromatic nitrogens is 1. The van der Waals surface area contributed by atoms with E-state index in [1.807, 2.05) is 0 Å². The maximum atomic E-state index is 13.2. The first-order valence-electron chi connectivity index (χ1n) is 11.3. The summed E-state index contributed by atoms with van der Waals surface area (Å²) in [6.45, 7) is 1.49. The molecule has 1 saturated heterocycles. The first-order chi connectivity index (χ1) is 17.5. The zero-order valence-corrected chi connectivity index (χ0v) is 19.5. The minimum atomic E-state index is -4.54. The molecule has 12 heteroatoms. The maximum Gasteiger partial charge on any atom is 0.416 e. The molecule has 2 heterocycles. The molecule has 37 heavy (non-hydrogen) atoms. The van der Waals surface area contributed by atoms with Crippen LogP contribution in [0.1, 0.15) is 38.6 Å². The van der Waals surface area contributed by atoms with Gasteiger partial charge in [-0.3, -0.25) is 9.69 Å². The van der Waals surface area contributed by atoms with E-state index in [1.54, 1.807) is 9.80 Å². The summed E-state index contributed by atoms with van der Waals surface area (Å²) in [6.07, 6.45) is -7.89. The van der Waals surface area contributed by atoms with Gasteiger partial charge < -0.3 is 14.1 Å². The Labute approximate surface area is 208 Å². The van der Waals surface area contributed by atoms with Crippen LogP contribution in [0.15, 0.2) is 59.2 Å². The van der Waals surface area contributed by atoms with E-state index >= 15 is 0 Å². The molecule has 0 unspecified atom stereocenters. The number of nitrogens with zero attached hydrogens (tertiary/aromatic N) is 3. The highest BCUT2D eigenvalue weighted by atomic mass is 19.4. The SMILES string of the molecule is O=C(c1coc(CN(Cc2cccc(C(F)(F)F)c2)Cc2cccc(C(F)(F)F)c2)n1)N1CCOCC1. The fourth-order valence-corrected chi connectivity index (χ4v) is 3.98. The standard InChI is InChI=1S/C25H23F6N3O3/c26-24(27,28)19-5-1-3-17(11-19)13-33(14-18-4-2-6-20(12-18)25(29,30)31)15-22-32-21(16-37-22)23(35)34-7-9-36-10-8-34/h1-6,11-12,16H,7-10,13-15H2. The van der Waals surface area contributed by atoms with Gasteiger partial charge in [0.15, 0.2) is 5.69 Å². The van der Waals surface area contributed by atoms with Crippen LogP contribution >= 0.6 is 0 Å². The van der Waals surface area contributed by atoms with Gasteiger partial charge in [0, 0.05) is 26.2 Å². The van der Waals surface area contributed by atoms with Crippen molar-refractivity contribution in [1.82, 2.24) is 14.8 Å². The van der Waals surface area contributed by atoms with Crippen molar-refractivity contribution in [2.45, 2.75) is 32.0 Å². The largest absolute Gasteiger partial charge is 0.447 e. The Morgan fingerprint density at radius 1 is 0.865 bits per heavy atom. The molecular weight excluding hydrogens is 504 g/mol. The molecular formula is C25H23F6N3O3. The average molecular weight is 527 g/mol. The van der Waals surface area contributed by atoms with Crippen LogP contribution in [0.5, 0.6) is 0 Å². The predicted octanol–water partition coefficient (Wildman–Crippen LogP) is 5.39. The zero-order valence-electron chi connectivity index (χ0n) is 19.5. The van der Waals surface area contributed by atoms with Crippen molar-refractivity contribution < 1.29 is 40.3 Å². The van der Waals surface area contributed by atoms with Crippen LogP contribution in [0, 0.1) is 0 Å². The van der Waals surface area contributed by atoms with E-state index in [0.717, 1.165) is 24.3 Å². The van der Waals surface area contributed by atoms with Crippen molar-refractivity contribution in [3.8, 4) is 0 Å². The fourth-order valence-electron chi connectivity index (χ4n) is 3.98. The molecule has 2 aromatic carbocycles. The molecule has 1 aliphatic heterocycles. The lowest BCUT2D eigenvalue weighted by atomic mass is 10.1. The summed E-state index contributed by atoms with van der Waals surface area (Å²) < 4.78 is 89.9. The number of alkyl halides is 6. The summed E-state index contributed by atoms with van der Waals surface area (Å²) in [5, 5.41) is 0. The first kappa shape index (κ1) is 26.7. The van der Waals surface area contributed by atoms with Gasteiger partial charge in [0.2, 0.25) is 5.89 Å². The third-order valence-electron chi connectivity index (χ3n) is 5.75. The molecule has 4 rings (SSSR count). The van der Waals surface area contributed by atoms with E-state index < -0.39 is 23.5 Å². The van der Waals surface area contributed by atoms with Crippen LogP contribution < -0.4 is 0 Å². The Bertz CT molecular complexity index is 1160. The van der Waals surface area contributed by atoms with Crippen molar-refractivity contribution in [3.63, 3.8) is 0 Å². The second-order valence-electron chi connectivity index (χ2n) is 8.57. The van der Waals surface area contributed by atoms with Gasteiger partial charge in [0.05, 0.1) is 30.9 Å². The van der Waals surface area contributed by atoms with E-state index in [0.29, 0.717) is 37.4 Å². The molecule has 1 aliphatic rings. The highest BCUT2D eigenvalue weighted by molar-refractivity contribution is 5.92. The van der Waals surface area contributed by atoms with E-state index in [-0.39, 0.29) is 37.1 Å². The van der Waals surface area contributed by atoms with Crippen LogP contribution in [-0.4, -0.2) is 47.0 Å². The average Bonchev–Trinajstić information content (AvgIpc) is 3.32. The third-order valence-corrected chi connectivity index (χ3v) is 5.75. The smallest absolute Gasteiger partial charge is 0.416 e. The molecule has 0 bridgehead atoms. The van der Waals surface area contributed by atoms with Gasteiger partial charge in [0.25, 0.3) is 5.91 Å². The van der Waals surface area contributed by atoms with Crippen molar-refractivity contribution in [2.75, 3.05) is 26.3 Å². The second kappa shape index (κ2) is 10.9. The van der Waals surface area contributed by atoms with E-state index in [4.69, 9.17) is 9.15 Å². The van der Waals surface area contributed by atoms with Crippen LogP contribution in [0.3, 0.4) is 0 Å². The van der Waals surface area contributed by atoms with Crippen molar-refractivity contribution in [3.05, 3.63) is 88.6 Å². The van der Waals surface area contributed by atoms with E-state index in [2.05, 4.69) is 4.98 Å². The molecule has 1 amide bonds. The minimum absolute atomic E-state index is 0.0325. The summed E-state index contributed by atoms with van der Waals surface area (Å²) in [4.78, 5) is 20.0. The molecule has 0 atom stereocenters. The quantitative estimate of drug-likeness (QED) is 0.386. The summed E-state index contributed by atoms with van der Waals surface area (Å²) in [7, 11) is 0. The molecule has 3 aromatic rings. The Kier molecular flexibility index (Phi) is 7.88. The van der Waals surface area contributed by atoms with Crippen LogP contribution in [0.25, 0.3) is 0 Å². The Morgan fingerprint density at radius 2 is 1.41 bits per heavy atom. The first-order valence-corrected chi connectivity index (χ1v) is 11.3. The number of morpholine rings is 1. The van der Waals surface area contributed by atoms with Gasteiger partial charge in [-0.05, 0) is 23.3 Å². The van der Waals surface area contributed by atoms with Gasteiger partial charge in [0.1, 0.15) is 6.26 Å². The number of benzene rings is 2. The molecule has 1 fully saturated rings. The highest BCUT2D eigenvalue weighted by Crippen LogP contribution is 2.31. The van der Waals surface area contributed by atoms with Gasteiger partial charge in [-0.2, -0.15) is 26.3 Å². The number of amides is 1. The lowest BCUT2D eigenvalue weighted by molar-refractivity contribution is -0.138. The number of hydrogen-bond donors (Lipinski definition) is 0. The number of rotatable bonds is 7. The number of ether oxygens (including phenoxy) is 1. The molecule has 0 N–H and O–H groups in total. The topological polar surface area (TPSA) is 58.8 Å². The summed E-state index contributed by atoms with van der Waals surface area (Å²) in [5.74, 6) is -0.240. The van der Waals surface area contributed by atoms with Crippen molar-refractivity contribution >= 4 is 5.91 Å². The second-order valence-corrected chi connectivity index (χ2v) is 8.57. The third kappa shape index (κ3) is 7.10. The van der Waals surface area contributed by atoms with Gasteiger partial charge in [-0.25, -0.2) is 4.98 Å². The molecule has 0 spiro atoms. The number of hydrogen-bond acceptors (Lipinski definition) is 5. The lowest BCUT2D eigenvalue weighted by Gasteiger charge is -2.25. The number of halogens is 6. The molecule has 1 aromatic heterocycles. The Morgan fingerprint density at radius 3 is 1.92 bits per heavy atom. The normalized spacial score (nSPS) is 14.8. The fraction of sp³-hybridized carbons (Fsp3) is 0.360. The number of carbonyl (C=O) groups is 1. The summed E-state index contributed by atoms with van der Waals surface area (Å²) >= 11 is 0. The maximum absolute atomic E-state index is 13.2. The van der Waals surface area contributed by atoms with Gasteiger partial charge in [-0.15, -0.1) is 0 Å². The van der Waals surface area contributed by atoms with Crippen molar-refractivity contribution in [2.24, 2.45) is 0 Å². The molecule has 0 aliphatic carbocycles. The predicted molar refractivity (Wildman–Crippen MR) is 119 cm³/mol. The summed E-state index contributed by atoms with van der Waals surface area (Å²) in [5.41, 5.74) is -0.997. The summed E-state index contributed by atoms with van der Waals surface area (Å²) in [6, 6.07) is 9.39. The van der Waals surface area contributed by atoms with Crippen LogP contribution in [0.2, 0.25) is 0 Å². The van der Waals surface area contributed by atoms with Crippen molar-refractivity contribution in [1.29, 1.82) is 0 Å². The zero-order chi connectivity index (χ0) is 26.6. The molecule has 0 saturated carbocycles. The van der Waals surface area contributed by atoms with Gasteiger partial charge >= 0.3 is 12.4 Å². The van der Waals surface area contributed by atoms with E-state index in [9.17, 15) is 31.1 Å². The molecule has 0 radical (unpaired) electrons. The lowest BCUT2D eigenvalue weighted by Crippen LogP contribution is -2.40. The van der Waals surface area contributed by atoms with Crippen LogP contribution in [0.4, 0.5) is 26.3 Å². The monoisotopic (exact) mass is 527 g/mol. The highest BCUT2D eigenvalue weighted by Gasteiger charge is 2.32. The van der Waals surface area contributed by atoms with Crippen LogP contribution in [-0.2, 0) is 36.7 Å². The van der Waals surface area contributed by atoms with Gasteiger partial charge in [-0.1, -0.05) is 36.4 Å². The molecule has 6 nitrogen and oxygen atoms in total. The Balaban J connectivity index is 1.56. The number of oxazole rings is 1. The number of carbonyl (C=O) groups excluding carboxylic acids is 1. The van der Waals surface area contributed by atoms with E-state index in [1.165, 1.54) is 30.5 Å². The minimum Gasteiger partial charge on any atom is -0.447 e. The molecule has 198 valence electrons.